The summed E-state index contributed by atoms with van der Waals surface area (Å²) in [4.78, 5) is 11.4. The fraction of sp³-hybridized carbons (Fsp3) is 0.316. The first kappa shape index (κ1) is 19.9. The highest BCUT2D eigenvalue weighted by atomic mass is 32.2. The fourth-order valence-electron chi connectivity index (χ4n) is 2.56. The van der Waals surface area contributed by atoms with Crippen LogP contribution in [0.25, 0.3) is 0 Å². The molecule has 1 amide bonds. The van der Waals surface area contributed by atoms with Gasteiger partial charge in [0, 0.05) is 13.0 Å². The standard InChI is InChI=1S/C19H24N2O4S/c1-14(9-10-16-7-5-4-6-8-16)21-26(23,24)17-11-12-19(25-3)18(13-17)20-15(2)22/h4-8,11-14,21H,9-10H2,1-3H3,(H,20,22)/t14-/m1/s1. The molecular weight excluding hydrogens is 352 g/mol. The van der Waals surface area contributed by atoms with Crippen LogP contribution in [0.2, 0.25) is 0 Å². The van der Waals surface area contributed by atoms with Crippen LogP contribution in [-0.2, 0) is 21.2 Å². The summed E-state index contributed by atoms with van der Waals surface area (Å²) < 4.78 is 33.1. The van der Waals surface area contributed by atoms with Crippen molar-refractivity contribution >= 4 is 21.6 Å². The summed E-state index contributed by atoms with van der Waals surface area (Å²) >= 11 is 0. The first-order valence-electron chi connectivity index (χ1n) is 8.33. The zero-order valence-corrected chi connectivity index (χ0v) is 16.0. The third-order valence-electron chi connectivity index (χ3n) is 3.86. The Labute approximate surface area is 154 Å². The molecular formula is C19H24N2O4S. The number of sulfonamides is 1. The molecule has 140 valence electrons. The highest BCUT2D eigenvalue weighted by Gasteiger charge is 2.19. The fourth-order valence-corrected chi connectivity index (χ4v) is 3.87. The minimum atomic E-state index is -3.70. The molecule has 0 bridgehead atoms. The number of methoxy groups -OCH3 is 1. The van der Waals surface area contributed by atoms with Gasteiger partial charge >= 0.3 is 0 Å². The zero-order valence-electron chi connectivity index (χ0n) is 15.2. The summed E-state index contributed by atoms with van der Waals surface area (Å²) in [6, 6.07) is 14.1. The molecule has 0 fully saturated rings. The maximum Gasteiger partial charge on any atom is 0.240 e. The normalized spacial score (nSPS) is 12.4. The third kappa shape index (κ3) is 5.57. The average Bonchev–Trinajstić information content (AvgIpc) is 2.60. The molecule has 7 heteroatoms. The van der Waals surface area contributed by atoms with Gasteiger partial charge in [0.15, 0.2) is 0 Å². The minimum Gasteiger partial charge on any atom is -0.495 e. The van der Waals surface area contributed by atoms with Crippen LogP contribution < -0.4 is 14.8 Å². The Morgan fingerprint density at radius 1 is 1.15 bits per heavy atom. The van der Waals surface area contributed by atoms with Gasteiger partial charge in [-0.3, -0.25) is 4.79 Å². The number of hydrogen-bond acceptors (Lipinski definition) is 4. The van der Waals surface area contributed by atoms with Gasteiger partial charge in [0.1, 0.15) is 5.75 Å². The molecule has 2 aromatic rings. The molecule has 0 aliphatic rings. The summed E-state index contributed by atoms with van der Waals surface area (Å²) in [6.07, 6.45) is 1.46. The van der Waals surface area contributed by atoms with Gasteiger partial charge in [0.25, 0.3) is 0 Å². The van der Waals surface area contributed by atoms with Crippen LogP contribution in [0.15, 0.2) is 53.4 Å². The summed E-state index contributed by atoms with van der Waals surface area (Å²) in [6.45, 7) is 3.18. The lowest BCUT2D eigenvalue weighted by molar-refractivity contribution is -0.114. The Balaban J connectivity index is 2.09. The Morgan fingerprint density at radius 3 is 2.46 bits per heavy atom. The second-order valence-electron chi connectivity index (χ2n) is 6.09. The van der Waals surface area contributed by atoms with Crippen LogP contribution in [0.4, 0.5) is 5.69 Å². The van der Waals surface area contributed by atoms with Crippen molar-refractivity contribution in [3.05, 3.63) is 54.1 Å². The maximum absolute atomic E-state index is 12.6. The number of anilines is 1. The molecule has 0 saturated heterocycles. The van der Waals surface area contributed by atoms with Gasteiger partial charge in [0.2, 0.25) is 15.9 Å². The Morgan fingerprint density at radius 2 is 1.85 bits per heavy atom. The minimum absolute atomic E-state index is 0.0774. The maximum atomic E-state index is 12.6. The van der Waals surface area contributed by atoms with E-state index in [1.807, 2.05) is 37.3 Å². The molecule has 0 unspecified atom stereocenters. The number of aryl methyl sites for hydroxylation is 1. The van der Waals surface area contributed by atoms with Crippen molar-refractivity contribution in [1.82, 2.24) is 4.72 Å². The Bertz CT molecular complexity index is 851. The molecule has 2 aromatic carbocycles. The quantitative estimate of drug-likeness (QED) is 0.742. The van der Waals surface area contributed by atoms with Crippen molar-refractivity contribution in [2.24, 2.45) is 0 Å². The number of benzene rings is 2. The van der Waals surface area contributed by atoms with Gasteiger partial charge in [-0.2, -0.15) is 0 Å². The second kappa shape index (κ2) is 8.82. The largest absolute Gasteiger partial charge is 0.495 e. The summed E-state index contributed by atoms with van der Waals surface area (Å²) in [5.74, 6) is 0.0957. The predicted octanol–water partition coefficient (Wildman–Crippen LogP) is 2.95. The molecule has 0 aliphatic carbocycles. The van der Waals surface area contributed by atoms with Gasteiger partial charge in [-0.05, 0) is 43.5 Å². The van der Waals surface area contributed by atoms with Gasteiger partial charge in [-0.25, -0.2) is 13.1 Å². The molecule has 0 radical (unpaired) electrons. The lowest BCUT2D eigenvalue weighted by atomic mass is 10.1. The highest BCUT2D eigenvalue weighted by Crippen LogP contribution is 2.27. The summed E-state index contributed by atoms with van der Waals surface area (Å²) in [5, 5.41) is 2.58. The number of nitrogens with one attached hydrogen (secondary N) is 2. The number of ether oxygens (including phenoxy) is 1. The van der Waals surface area contributed by atoms with Crippen molar-refractivity contribution in [3.8, 4) is 5.75 Å². The van der Waals surface area contributed by atoms with Crippen molar-refractivity contribution < 1.29 is 17.9 Å². The molecule has 0 heterocycles. The molecule has 6 nitrogen and oxygen atoms in total. The van der Waals surface area contributed by atoms with E-state index in [1.165, 1.54) is 32.2 Å². The molecule has 0 saturated carbocycles. The number of carbonyl (C=O) groups excluding carboxylic acids is 1. The second-order valence-corrected chi connectivity index (χ2v) is 7.80. The van der Waals surface area contributed by atoms with E-state index in [-0.39, 0.29) is 16.8 Å². The summed E-state index contributed by atoms with van der Waals surface area (Å²) in [7, 11) is -2.25. The van der Waals surface area contributed by atoms with E-state index in [0.717, 1.165) is 12.0 Å². The lowest BCUT2D eigenvalue weighted by Crippen LogP contribution is -2.33. The van der Waals surface area contributed by atoms with Crippen LogP contribution in [0.1, 0.15) is 25.8 Å². The van der Waals surface area contributed by atoms with E-state index < -0.39 is 10.0 Å². The van der Waals surface area contributed by atoms with Crippen LogP contribution in [0.3, 0.4) is 0 Å². The van der Waals surface area contributed by atoms with Crippen LogP contribution in [0, 0.1) is 0 Å². The molecule has 0 spiro atoms. The average molecular weight is 376 g/mol. The molecule has 2 N–H and O–H groups in total. The molecule has 1 atom stereocenters. The topological polar surface area (TPSA) is 84.5 Å². The van der Waals surface area contributed by atoms with Crippen molar-refractivity contribution in [1.29, 1.82) is 0 Å². The van der Waals surface area contributed by atoms with Gasteiger partial charge in [0.05, 0.1) is 17.7 Å². The van der Waals surface area contributed by atoms with Crippen LogP contribution in [0.5, 0.6) is 5.75 Å². The molecule has 0 aromatic heterocycles. The molecule has 26 heavy (non-hydrogen) atoms. The number of rotatable bonds is 8. The Hall–Kier alpha value is -2.38. The van der Waals surface area contributed by atoms with Gasteiger partial charge in [-0.1, -0.05) is 30.3 Å². The lowest BCUT2D eigenvalue weighted by Gasteiger charge is -2.16. The van der Waals surface area contributed by atoms with Crippen LogP contribution in [-0.4, -0.2) is 27.5 Å². The predicted molar refractivity (Wildman–Crippen MR) is 102 cm³/mol. The van der Waals surface area contributed by atoms with E-state index >= 15 is 0 Å². The van der Waals surface area contributed by atoms with E-state index in [2.05, 4.69) is 10.0 Å². The number of hydrogen-bond donors (Lipinski definition) is 2. The monoisotopic (exact) mass is 376 g/mol. The van der Waals surface area contributed by atoms with Crippen molar-refractivity contribution in [3.63, 3.8) is 0 Å². The highest BCUT2D eigenvalue weighted by molar-refractivity contribution is 7.89. The third-order valence-corrected chi connectivity index (χ3v) is 5.44. The SMILES string of the molecule is COc1ccc(S(=O)(=O)N[C@H](C)CCc2ccccc2)cc1NC(C)=O. The number of amides is 1. The van der Waals surface area contributed by atoms with Crippen molar-refractivity contribution in [2.75, 3.05) is 12.4 Å². The van der Waals surface area contributed by atoms with Crippen molar-refractivity contribution in [2.45, 2.75) is 37.6 Å². The van der Waals surface area contributed by atoms with E-state index in [0.29, 0.717) is 17.9 Å². The first-order chi connectivity index (χ1) is 12.3. The summed E-state index contributed by atoms with van der Waals surface area (Å²) in [5.41, 5.74) is 1.48. The Kier molecular flexibility index (Phi) is 6.76. The smallest absolute Gasteiger partial charge is 0.240 e. The van der Waals surface area contributed by atoms with Crippen LogP contribution >= 0.6 is 0 Å². The van der Waals surface area contributed by atoms with Gasteiger partial charge < -0.3 is 10.1 Å². The molecule has 0 aliphatic heterocycles. The number of carbonyl (C=O) groups is 1. The first-order valence-corrected chi connectivity index (χ1v) is 9.82. The van der Waals surface area contributed by atoms with E-state index in [4.69, 9.17) is 4.74 Å². The van der Waals surface area contributed by atoms with Gasteiger partial charge in [-0.15, -0.1) is 0 Å². The zero-order chi connectivity index (χ0) is 19.2. The van der Waals surface area contributed by atoms with E-state index in [1.54, 1.807) is 0 Å². The molecule has 2 rings (SSSR count). The van der Waals surface area contributed by atoms with E-state index in [9.17, 15) is 13.2 Å².